The molecule has 1 aliphatic rings. The van der Waals surface area contributed by atoms with Gasteiger partial charge in [0, 0.05) is 42.0 Å². The fraction of sp³-hybridized carbons (Fsp3) is 0.333. The van der Waals surface area contributed by atoms with Gasteiger partial charge in [-0.2, -0.15) is 0 Å². The fourth-order valence-electron chi connectivity index (χ4n) is 4.29. The van der Waals surface area contributed by atoms with E-state index in [4.69, 9.17) is 0 Å². The molecule has 1 aromatic carbocycles. The Balaban J connectivity index is 1.93. The lowest BCUT2D eigenvalue weighted by atomic mass is 9.77. The molecule has 1 aliphatic carbocycles. The molecule has 28 heavy (non-hydrogen) atoms. The van der Waals surface area contributed by atoms with Gasteiger partial charge in [-0.15, -0.1) is 0 Å². The number of hydrogen-bond acceptors (Lipinski definition) is 3. The summed E-state index contributed by atoms with van der Waals surface area (Å²) >= 11 is 0. The van der Waals surface area contributed by atoms with E-state index in [1.165, 1.54) is 6.42 Å². The van der Waals surface area contributed by atoms with E-state index in [1.807, 2.05) is 54.6 Å². The van der Waals surface area contributed by atoms with Crippen LogP contribution in [0.25, 0.3) is 0 Å². The number of hydrogen-bond donors (Lipinski definition) is 0. The Bertz CT molecular complexity index is 827. The molecule has 0 saturated heterocycles. The third-order valence-corrected chi connectivity index (χ3v) is 5.90. The van der Waals surface area contributed by atoms with Crippen molar-refractivity contribution < 1.29 is 4.39 Å². The highest BCUT2D eigenvalue weighted by atomic mass is 19.1. The zero-order valence-corrected chi connectivity index (χ0v) is 16.2. The Labute approximate surface area is 166 Å². The summed E-state index contributed by atoms with van der Waals surface area (Å²) in [4.78, 5) is 10.8. The highest BCUT2D eigenvalue weighted by Gasteiger charge is 2.48. The lowest BCUT2D eigenvalue weighted by Crippen LogP contribution is -2.49. The largest absolute Gasteiger partial charge is 0.290 e. The predicted molar refractivity (Wildman–Crippen MR) is 110 cm³/mol. The highest BCUT2D eigenvalue weighted by Crippen LogP contribution is 2.49. The lowest BCUT2D eigenvalue weighted by Gasteiger charge is -2.47. The summed E-state index contributed by atoms with van der Waals surface area (Å²) in [7, 11) is 0. The maximum atomic E-state index is 17.4. The molecule has 1 unspecified atom stereocenters. The summed E-state index contributed by atoms with van der Waals surface area (Å²) < 4.78 is 17.4. The van der Waals surface area contributed by atoms with Crippen LogP contribution >= 0.6 is 0 Å². The van der Waals surface area contributed by atoms with Crippen LogP contribution in [0.1, 0.15) is 48.9 Å². The van der Waals surface area contributed by atoms with E-state index in [-0.39, 0.29) is 0 Å². The monoisotopic (exact) mass is 375 g/mol. The minimum atomic E-state index is -1.75. The van der Waals surface area contributed by atoms with E-state index in [0.717, 1.165) is 24.9 Å². The van der Waals surface area contributed by atoms with Gasteiger partial charge in [0.25, 0.3) is 0 Å². The summed E-state index contributed by atoms with van der Waals surface area (Å²) in [6, 6.07) is 17.3. The van der Waals surface area contributed by atoms with Crippen LogP contribution < -0.4 is 0 Å². The first-order valence-corrected chi connectivity index (χ1v) is 10.1. The fourth-order valence-corrected chi connectivity index (χ4v) is 4.29. The molecule has 1 fully saturated rings. The van der Waals surface area contributed by atoms with E-state index in [1.54, 1.807) is 24.8 Å². The maximum Gasteiger partial charge on any atom is 0.183 e. The lowest BCUT2D eigenvalue weighted by molar-refractivity contribution is -0.00116. The molecule has 144 valence electrons. The van der Waals surface area contributed by atoms with Crippen LogP contribution in [0.15, 0.2) is 79.4 Å². The average Bonchev–Trinajstić information content (AvgIpc) is 2.73. The molecule has 0 N–H and O–H groups in total. The van der Waals surface area contributed by atoms with Crippen molar-refractivity contribution in [1.82, 2.24) is 14.9 Å². The Kier molecular flexibility index (Phi) is 5.49. The van der Waals surface area contributed by atoms with E-state index in [0.29, 0.717) is 17.2 Å². The predicted octanol–water partition coefficient (Wildman–Crippen LogP) is 5.31. The van der Waals surface area contributed by atoms with E-state index in [9.17, 15) is 0 Å². The van der Waals surface area contributed by atoms with Gasteiger partial charge < -0.3 is 0 Å². The van der Waals surface area contributed by atoms with Gasteiger partial charge in [-0.05, 0) is 37.1 Å². The smallest absolute Gasteiger partial charge is 0.183 e. The van der Waals surface area contributed by atoms with Crippen molar-refractivity contribution in [2.24, 2.45) is 0 Å². The normalized spacial score (nSPS) is 16.0. The first kappa shape index (κ1) is 18.8. The van der Waals surface area contributed by atoms with Gasteiger partial charge >= 0.3 is 0 Å². The quantitative estimate of drug-likeness (QED) is 0.561. The van der Waals surface area contributed by atoms with Crippen molar-refractivity contribution in [3.05, 3.63) is 96.1 Å². The molecule has 0 bridgehead atoms. The molecule has 3 aromatic rings. The van der Waals surface area contributed by atoms with Crippen molar-refractivity contribution in [2.75, 3.05) is 6.54 Å². The molecule has 0 radical (unpaired) electrons. The molecular formula is C24H26FN3. The molecule has 4 rings (SSSR count). The zero-order chi connectivity index (χ0) is 19.4. The van der Waals surface area contributed by atoms with Gasteiger partial charge in [-0.3, -0.25) is 14.9 Å². The molecule has 0 spiro atoms. The Morgan fingerprint density at radius 2 is 1.57 bits per heavy atom. The molecule has 2 aromatic heterocycles. The van der Waals surface area contributed by atoms with E-state index >= 15 is 4.39 Å². The van der Waals surface area contributed by atoms with Gasteiger partial charge in [0.2, 0.25) is 0 Å². The van der Waals surface area contributed by atoms with Crippen LogP contribution in [0.4, 0.5) is 4.39 Å². The van der Waals surface area contributed by atoms with Crippen LogP contribution in [-0.4, -0.2) is 27.5 Å². The van der Waals surface area contributed by atoms with Crippen molar-refractivity contribution in [3.63, 3.8) is 0 Å². The Morgan fingerprint density at radius 3 is 2.00 bits per heavy atom. The summed E-state index contributed by atoms with van der Waals surface area (Å²) in [5.74, 6) is 0. The SMILES string of the molecule is CCN(C1CCC1)C(c1ccccc1)C(F)(c1cccnc1)c1cccnc1. The number of likely N-dealkylation sites (N-methyl/N-ethyl adjacent to an activating group) is 1. The van der Waals surface area contributed by atoms with E-state index < -0.39 is 11.7 Å². The van der Waals surface area contributed by atoms with Gasteiger partial charge in [0.05, 0.1) is 6.04 Å². The molecule has 2 heterocycles. The number of pyridine rings is 2. The first-order valence-electron chi connectivity index (χ1n) is 10.1. The molecule has 3 nitrogen and oxygen atoms in total. The van der Waals surface area contributed by atoms with Crippen molar-refractivity contribution in [2.45, 2.75) is 43.9 Å². The van der Waals surface area contributed by atoms with Crippen LogP contribution in [0.3, 0.4) is 0 Å². The second kappa shape index (κ2) is 8.19. The summed E-state index contributed by atoms with van der Waals surface area (Å²) in [6.07, 6.45) is 10.1. The topological polar surface area (TPSA) is 29.0 Å². The van der Waals surface area contributed by atoms with Crippen molar-refractivity contribution in [1.29, 1.82) is 0 Å². The number of aromatic nitrogens is 2. The number of nitrogens with zero attached hydrogens (tertiary/aromatic N) is 3. The van der Waals surface area contributed by atoms with Crippen molar-refractivity contribution in [3.8, 4) is 0 Å². The molecule has 4 heteroatoms. The molecule has 0 aliphatic heterocycles. The summed E-state index contributed by atoms with van der Waals surface area (Å²) in [6.45, 7) is 2.91. The third kappa shape index (κ3) is 3.33. The van der Waals surface area contributed by atoms with Crippen LogP contribution in [0.2, 0.25) is 0 Å². The van der Waals surface area contributed by atoms with Crippen LogP contribution in [0.5, 0.6) is 0 Å². The molecule has 0 amide bonds. The third-order valence-electron chi connectivity index (χ3n) is 5.90. The first-order chi connectivity index (χ1) is 13.7. The standard InChI is InChI=1S/C24H26FN3/c1-2-28(22-13-6-14-22)23(19-9-4-3-5-10-19)24(25,20-11-7-15-26-17-20)21-12-8-16-27-18-21/h3-5,7-12,15-18,22-23H,2,6,13-14H2,1H3. The second-order valence-electron chi connectivity index (χ2n) is 7.42. The van der Waals surface area contributed by atoms with Crippen LogP contribution in [0, 0.1) is 0 Å². The van der Waals surface area contributed by atoms with Gasteiger partial charge in [0.15, 0.2) is 5.67 Å². The molecule has 1 saturated carbocycles. The Morgan fingerprint density at radius 1 is 0.964 bits per heavy atom. The number of halogens is 1. The highest BCUT2D eigenvalue weighted by molar-refractivity contribution is 5.40. The number of rotatable bonds is 7. The second-order valence-corrected chi connectivity index (χ2v) is 7.42. The molecule has 1 atom stereocenters. The van der Waals surface area contributed by atoms with Gasteiger partial charge in [-0.1, -0.05) is 55.8 Å². The zero-order valence-electron chi connectivity index (χ0n) is 16.2. The van der Waals surface area contributed by atoms with Gasteiger partial charge in [-0.25, -0.2) is 4.39 Å². The number of benzene rings is 1. The summed E-state index contributed by atoms with van der Waals surface area (Å²) in [5, 5.41) is 0. The van der Waals surface area contributed by atoms with E-state index in [2.05, 4.69) is 21.8 Å². The minimum Gasteiger partial charge on any atom is -0.290 e. The van der Waals surface area contributed by atoms with Crippen LogP contribution in [-0.2, 0) is 5.67 Å². The van der Waals surface area contributed by atoms with Gasteiger partial charge in [0.1, 0.15) is 0 Å². The minimum absolute atomic E-state index is 0.402. The average molecular weight is 375 g/mol. The maximum absolute atomic E-state index is 17.4. The number of alkyl halides is 1. The van der Waals surface area contributed by atoms with Crippen molar-refractivity contribution >= 4 is 0 Å². The Hall–Kier alpha value is -2.59. The molecular weight excluding hydrogens is 349 g/mol. The summed E-state index contributed by atoms with van der Waals surface area (Å²) in [5.41, 5.74) is 0.353.